The SMILES string of the molecule is COCCn1c(SCC(=O)Nc2ccc(C)c(F)c2)nc2ccccc2c1=O. The number of anilines is 1. The molecule has 1 amide bonds. The van der Waals surface area contributed by atoms with E-state index in [1.807, 2.05) is 0 Å². The Balaban J connectivity index is 1.79. The van der Waals surface area contributed by atoms with Gasteiger partial charge in [0, 0.05) is 12.8 Å². The summed E-state index contributed by atoms with van der Waals surface area (Å²) in [4.78, 5) is 29.6. The Labute approximate surface area is 165 Å². The van der Waals surface area contributed by atoms with Crippen LogP contribution in [0.5, 0.6) is 0 Å². The van der Waals surface area contributed by atoms with Crippen molar-refractivity contribution in [1.82, 2.24) is 9.55 Å². The maximum absolute atomic E-state index is 13.6. The number of halogens is 1. The fraction of sp³-hybridized carbons (Fsp3) is 0.250. The zero-order valence-corrected chi connectivity index (χ0v) is 16.4. The molecule has 0 radical (unpaired) electrons. The molecule has 0 saturated carbocycles. The summed E-state index contributed by atoms with van der Waals surface area (Å²) >= 11 is 1.15. The molecule has 1 aromatic heterocycles. The molecular weight excluding hydrogens is 381 g/mol. The van der Waals surface area contributed by atoms with Gasteiger partial charge < -0.3 is 10.1 Å². The molecule has 0 saturated heterocycles. The lowest BCUT2D eigenvalue weighted by molar-refractivity contribution is -0.113. The van der Waals surface area contributed by atoms with Crippen LogP contribution in [-0.2, 0) is 16.1 Å². The number of carbonyl (C=O) groups excluding carboxylic acids is 1. The number of benzene rings is 2. The van der Waals surface area contributed by atoms with Crippen LogP contribution in [0.15, 0.2) is 52.4 Å². The summed E-state index contributed by atoms with van der Waals surface area (Å²) in [5, 5.41) is 3.61. The highest BCUT2D eigenvalue weighted by Gasteiger charge is 2.13. The normalized spacial score (nSPS) is 11.0. The Morgan fingerprint density at radius 3 is 2.82 bits per heavy atom. The molecule has 3 rings (SSSR count). The van der Waals surface area contributed by atoms with Gasteiger partial charge in [-0.25, -0.2) is 9.37 Å². The highest BCUT2D eigenvalue weighted by Crippen LogP contribution is 2.19. The average molecular weight is 401 g/mol. The molecule has 1 N–H and O–H groups in total. The molecule has 0 fully saturated rings. The molecule has 0 aliphatic carbocycles. The van der Waals surface area contributed by atoms with E-state index in [2.05, 4.69) is 10.3 Å². The summed E-state index contributed by atoms with van der Waals surface area (Å²) in [5.74, 6) is -0.656. The topological polar surface area (TPSA) is 73.2 Å². The quantitative estimate of drug-likeness (QED) is 0.486. The zero-order chi connectivity index (χ0) is 20.1. The number of rotatable bonds is 7. The lowest BCUT2D eigenvalue weighted by Gasteiger charge is -2.13. The minimum Gasteiger partial charge on any atom is -0.383 e. The van der Waals surface area contributed by atoms with Gasteiger partial charge in [-0.15, -0.1) is 0 Å². The Bertz CT molecular complexity index is 1070. The Kier molecular flexibility index (Phi) is 6.43. The first-order chi connectivity index (χ1) is 13.5. The molecule has 1 heterocycles. The van der Waals surface area contributed by atoms with Crippen molar-refractivity contribution in [3.05, 3.63) is 64.2 Å². The maximum Gasteiger partial charge on any atom is 0.262 e. The van der Waals surface area contributed by atoms with E-state index in [0.29, 0.717) is 40.5 Å². The molecule has 146 valence electrons. The van der Waals surface area contributed by atoms with Crippen LogP contribution in [0.3, 0.4) is 0 Å². The minimum atomic E-state index is -0.380. The van der Waals surface area contributed by atoms with Crippen molar-refractivity contribution in [1.29, 1.82) is 0 Å². The average Bonchev–Trinajstić information content (AvgIpc) is 2.69. The minimum absolute atomic E-state index is 0.0350. The number of fused-ring (bicyclic) bond motifs is 1. The number of hydrogen-bond donors (Lipinski definition) is 1. The van der Waals surface area contributed by atoms with Crippen molar-refractivity contribution in [3.63, 3.8) is 0 Å². The van der Waals surface area contributed by atoms with E-state index in [9.17, 15) is 14.0 Å². The first kappa shape index (κ1) is 20.0. The summed E-state index contributed by atoms with van der Waals surface area (Å²) in [5.41, 5.74) is 1.29. The molecule has 0 atom stereocenters. The number of aryl methyl sites for hydroxylation is 1. The standard InChI is InChI=1S/C20H20FN3O3S/c1-13-7-8-14(11-16(13)21)22-18(25)12-28-20-23-17-6-4-3-5-15(17)19(26)24(20)9-10-27-2/h3-8,11H,9-10,12H2,1-2H3,(H,22,25). The van der Waals surface area contributed by atoms with Crippen molar-refractivity contribution in [2.24, 2.45) is 0 Å². The van der Waals surface area contributed by atoms with Crippen LogP contribution >= 0.6 is 11.8 Å². The van der Waals surface area contributed by atoms with Crippen LogP contribution in [0.1, 0.15) is 5.56 Å². The summed E-state index contributed by atoms with van der Waals surface area (Å²) in [6.45, 7) is 2.34. The third-order valence-electron chi connectivity index (χ3n) is 4.13. The van der Waals surface area contributed by atoms with Gasteiger partial charge in [-0.3, -0.25) is 14.2 Å². The molecule has 28 heavy (non-hydrogen) atoms. The van der Waals surface area contributed by atoms with E-state index >= 15 is 0 Å². The second-order valence-corrected chi connectivity index (χ2v) is 7.10. The van der Waals surface area contributed by atoms with E-state index < -0.39 is 0 Å². The second-order valence-electron chi connectivity index (χ2n) is 6.16. The van der Waals surface area contributed by atoms with Gasteiger partial charge in [0.25, 0.3) is 5.56 Å². The number of nitrogens with zero attached hydrogens (tertiary/aromatic N) is 2. The number of para-hydroxylation sites is 1. The van der Waals surface area contributed by atoms with E-state index in [-0.39, 0.29) is 23.0 Å². The second kappa shape index (κ2) is 8.99. The third-order valence-corrected chi connectivity index (χ3v) is 5.11. The van der Waals surface area contributed by atoms with Gasteiger partial charge in [-0.05, 0) is 36.8 Å². The monoisotopic (exact) mass is 401 g/mol. The predicted molar refractivity (Wildman–Crippen MR) is 108 cm³/mol. The number of carbonyl (C=O) groups is 1. The van der Waals surface area contributed by atoms with E-state index in [1.54, 1.807) is 50.4 Å². The molecule has 0 spiro atoms. The van der Waals surface area contributed by atoms with Crippen molar-refractivity contribution in [2.45, 2.75) is 18.6 Å². The summed E-state index contributed by atoms with van der Waals surface area (Å²) in [7, 11) is 1.56. The number of ether oxygens (including phenoxy) is 1. The van der Waals surface area contributed by atoms with Crippen LogP contribution in [0.25, 0.3) is 10.9 Å². The van der Waals surface area contributed by atoms with Crippen molar-refractivity contribution in [2.75, 3.05) is 24.8 Å². The molecule has 0 unspecified atom stereocenters. The molecule has 0 bridgehead atoms. The van der Waals surface area contributed by atoms with Gasteiger partial charge in [0.2, 0.25) is 5.91 Å². The van der Waals surface area contributed by atoms with Crippen molar-refractivity contribution >= 4 is 34.3 Å². The summed E-state index contributed by atoms with van der Waals surface area (Å²) < 4.78 is 20.2. The van der Waals surface area contributed by atoms with Gasteiger partial charge in [-0.2, -0.15) is 0 Å². The Hall–Kier alpha value is -2.71. The maximum atomic E-state index is 13.6. The van der Waals surface area contributed by atoms with Crippen molar-refractivity contribution in [3.8, 4) is 0 Å². The first-order valence-electron chi connectivity index (χ1n) is 8.67. The summed E-state index contributed by atoms with van der Waals surface area (Å²) in [6, 6.07) is 11.6. The predicted octanol–water partition coefficient (Wildman–Crippen LogP) is 3.22. The van der Waals surface area contributed by atoms with Crippen LogP contribution in [0.4, 0.5) is 10.1 Å². The first-order valence-corrected chi connectivity index (χ1v) is 9.65. The third kappa shape index (κ3) is 4.58. The lowest BCUT2D eigenvalue weighted by Crippen LogP contribution is -2.26. The number of hydrogen-bond acceptors (Lipinski definition) is 5. The fourth-order valence-electron chi connectivity index (χ4n) is 2.64. The number of thioether (sulfide) groups is 1. The Morgan fingerprint density at radius 2 is 2.07 bits per heavy atom. The largest absolute Gasteiger partial charge is 0.383 e. The number of aromatic nitrogens is 2. The highest BCUT2D eigenvalue weighted by atomic mass is 32.2. The van der Waals surface area contributed by atoms with E-state index in [4.69, 9.17) is 4.74 Å². The molecule has 0 aliphatic heterocycles. The van der Waals surface area contributed by atoms with Gasteiger partial charge in [0.1, 0.15) is 5.82 Å². The fourth-order valence-corrected chi connectivity index (χ4v) is 3.46. The van der Waals surface area contributed by atoms with E-state index in [1.165, 1.54) is 10.6 Å². The highest BCUT2D eigenvalue weighted by molar-refractivity contribution is 7.99. The van der Waals surface area contributed by atoms with Crippen LogP contribution in [0, 0.1) is 12.7 Å². The van der Waals surface area contributed by atoms with Crippen molar-refractivity contribution < 1.29 is 13.9 Å². The van der Waals surface area contributed by atoms with Gasteiger partial charge >= 0.3 is 0 Å². The number of amides is 1. The zero-order valence-electron chi connectivity index (χ0n) is 15.6. The van der Waals surface area contributed by atoms with Gasteiger partial charge in [-0.1, -0.05) is 30.0 Å². The lowest BCUT2D eigenvalue weighted by atomic mass is 10.2. The molecular formula is C20H20FN3O3S. The molecule has 8 heteroatoms. The number of methoxy groups -OCH3 is 1. The smallest absolute Gasteiger partial charge is 0.262 e. The van der Waals surface area contributed by atoms with Crippen LogP contribution in [-0.4, -0.2) is 34.9 Å². The molecule has 3 aromatic rings. The number of nitrogens with one attached hydrogen (secondary N) is 1. The van der Waals surface area contributed by atoms with Crippen LogP contribution < -0.4 is 10.9 Å². The van der Waals surface area contributed by atoms with Crippen LogP contribution in [0.2, 0.25) is 0 Å². The summed E-state index contributed by atoms with van der Waals surface area (Å²) in [6.07, 6.45) is 0. The van der Waals surface area contributed by atoms with Gasteiger partial charge in [0.15, 0.2) is 5.16 Å². The van der Waals surface area contributed by atoms with Gasteiger partial charge in [0.05, 0.1) is 29.8 Å². The molecule has 2 aromatic carbocycles. The van der Waals surface area contributed by atoms with E-state index in [0.717, 1.165) is 11.8 Å². The molecule has 6 nitrogen and oxygen atoms in total. The Morgan fingerprint density at radius 1 is 1.29 bits per heavy atom. The molecule has 0 aliphatic rings.